The number of hydrogen-bond donors (Lipinski definition) is 2. The maximum atomic E-state index is 12.0. The lowest BCUT2D eigenvalue weighted by molar-refractivity contribution is -0.115. The summed E-state index contributed by atoms with van der Waals surface area (Å²) >= 11 is 0. The lowest BCUT2D eigenvalue weighted by Crippen LogP contribution is -2.19. The predicted octanol–water partition coefficient (Wildman–Crippen LogP) is 3.22. The number of anilines is 1. The Labute approximate surface area is 133 Å². The molecule has 2 N–H and O–H groups in total. The maximum Gasteiger partial charge on any atom is 0.228 e. The molecule has 3 rings (SSSR count). The molecule has 2 aromatic carbocycles. The number of rotatable bonds is 4. The quantitative estimate of drug-likeness (QED) is 0.777. The molecule has 0 aliphatic heterocycles. The fourth-order valence-electron chi connectivity index (χ4n) is 2.34. The summed E-state index contributed by atoms with van der Waals surface area (Å²) in [5.74, 6) is -0.214. The van der Waals surface area contributed by atoms with Crippen LogP contribution in [0.15, 0.2) is 77.9 Å². The molecule has 0 aliphatic carbocycles. The average Bonchev–Trinajstić information content (AvgIpc) is 2.58. The predicted molar refractivity (Wildman–Crippen MR) is 91.3 cm³/mol. The number of hydrogen-bond acceptors (Lipinski definition) is 2. The number of pyridine rings is 1. The van der Waals surface area contributed by atoms with Gasteiger partial charge in [0, 0.05) is 18.5 Å². The normalized spacial score (nSPS) is 10.3. The second kappa shape index (κ2) is 6.75. The molecule has 4 nitrogen and oxygen atoms in total. The molecule has 1 heterocycles. The van der Waals surface area contributed by atoms with Gasteiger partial charge in [-0.3, -0.25) is 9.59 Å². The minimum atomic E-state index is -0.214. The van der Waals surface area contributed by atoms with Gasteiger partial charge in [-0.25, -0.2) is 0 Å². The Kier molecular flexibility index (Phi) is 4.34. The lowest BCUT2D eigenvalue weighted by Gasteiger charge is -2.06. The van der Waals surface area contributed by atoms with E-state index in [0.717, 1.165) is 16.7 Å². The smallest absolute Gasteiger partial charge is 0.228 e. The highest BCUT2D eigenvalue weighted by Crippen LogP contribution is 2.19. The average molecular weight is 304 g/mol. The van der Waals surface area contributed by atoms with Gasteiger partial charge >= 0.3 is 0 Å². The topological polar surface area (TPSA) is 62.0 Å². The summed E-state index contributed by atoms with van der Waals surface area (Å²) in [6.07, 6.45) is 3.24. The molecule has 114 valence electrons. The lowest BCUT2D eigenvalue weighted by atomic mass is 10.0. The standard InChI is InChI=1S/C19H16N2O2/c22-18-10-11-20-13-17(18)21-19(23)12-14-6-8-16(9-7-14)15-4-2-1-3-5-15/h1-11,13H,12H2,(H,20,22)(H,21,23). The highest BCUT2D eigenvalue weighted by Gasteiger charge is 2.06. The minimum absolute atomic E-state index is 0.212. The first-order valence-corrected chi connectivity index (χ1v) is 7.34. The first-order valence-electron chi connectivity index (χ1n) is 7.34. The van der Waals surface area contributed by atoms with Gasteiger partial charge in [0.25, 0.3) is 0 Å². The summed E-state index contributed by atoms with van der Waals surface area (Å²) in [7, 11) is 0. The van der Waals surface area contributed by atoms with E-state index >= 15 is 0 Å². The van der Waals surface area contributed by atoms with E-state index < -0.39 is 0 Å². The SMILES string of the molecule is O=C(Cc1ccc(-c2ccccc2)cc1)Nc1c[nH]ccc1=O. The van der Waals surface area contributed by atoms with Crippen molar-refractivity contribution in [2.75, 3.05) is 5.32 Å². The second-order valence-corrected chi connectivity index (χ2v) is 5.21. The molecule has 0 atom stereocenters. The summed E-state index contributed by atoms with van der Waals surface area (Å²) in [5.41, 5.74) is 3.19. The van der Waals surface area contributed by atoms with Crippen LogP contribution in [0.5, 0.6) is 0 Å². The third-order valence-electron chi connectivity index (χ3n) is 3.52. The Bertz CT molecular complexity index is 852. The van der Waals surface area contributed by atoms with Crippen molar-refractivity contribution in [2.24, 2.45) is 0 Å². The van der Waals surface area contributed by atoms with Crippen LogP contribution >= 0.6 is 0 Å². The van der Waals surface area contributed by atoms with Gasteiger partial charge < -0.3 is 10.3 Å². The van der Waals surface area contributed by atoms with Crippen LogP contribution in [0.25, 0.3) is 11.1 Å². The van der Waals surface area contributed by atoms with Gasteiger partial charge in [-0.05, 0) is 16.7 Å². The Morgan fingerprint density at radius 2 is 1.61 bits per heavy atom. The molecule has 0 bridgehead atoms. The molecule has 0 radical (unpaired) electrons. The fourth-order valence-corrected chi connectivity index (χ4v) is 2.34. The highest BCUT2D eigenvalue weighted by atomic mass is 16.2. The third-order valence-corrected chi connectivity index (χ3v) is 3.52. The van der Waals surface area contributed by atoms with Gasteiger partial charge in [0.1, 0.15) is 5.69 Å². The molecule has 0 saturated heterocycles. The molecular weight excluding hydrogens is 288 g/mol. The van der Waals surface area contributed by atoms with Crippen molar-refractivity contribution in [3.8, 4) is 11.1 Å². The van der Waals surface area contributed by atoms with Crippen molar-refractivity contribution >= 4 is 11.6 Å². The number of carbonyl (C=O) groups excluding carboxylic acids is 1. The molecule has 1 amide bonds. The Morgan fingerprint density at radius 3 is 2.30 bits per heavy atom. The molecule has 23 heavy (non-hydrogen) atoms. The summed E-state index contributed by atoms with van der Waals surface area (Å²) in [5, 5.41) is 2.62. The number of nitrogens with one attached hydrogen (secondary N) is 2. The summed E-state index contributed by atoms with van der Waals surface area (Å²) in [6, 6.07) is 19.3. The number of benzene rings is 2. The first kappa shape index (κ1) is 14.8. The van der Waals surface area contributed by atoms with E-state index in [1.54, 1.807) is 0 Å². The molecule has 0 aliphatic rings. The van der Waals surface area contributed by atoms with E-state index in [-0.39, 0.29) is 23.4 Å². The van der Waals surface area contributed by atoms with Gasteiger partial charge in [-0.15, -0.1) is 0 Å². The van der Waals surface area contributed by atoms with Gasteiger partial charge in [0.05, 0.1) is 6.42 Å². The fraction of sp³-hybridized carbons (Fsp3) is 0.0526. The van der Waals surface area contributed by atoms with Crippen molar-refractivity contribution in [2.45, 2.75) is 6.42 Å². The van der Waals surface area contributed by atoms with Gasteiger partial charge in [0.15, 0.2) is 0 Å². The molecule has 0 saturated carbocycles. The summed E-state index contributed by atoms with van der Waals surface area (Å²) in [6.45, 7) is 0. The van der Waals surface area contributed by atoms with Gasteiger partial charge in [0.2, 0.25) is 11.3 Å². The van der Waals surface area contributed by atoms with Crippen LogP contribution in [-0.2, 0) is 11.2 Å². The summed E-state index contributed by atoms with van der Waals surface area (Å²) in [4.78, 5) is 26.4. The van der Waals surface area contributed by atoms with E-state index in [2.05, 4.69) is 10.3 Å². The zero-order valence-corrected chi connectivity index (χ0v) is 12.5. The van der Waals surface area contributed by atoms with E-state index in [0.29, 0.717) is 0 Å². The molecule has 0 spiro atoms. The molecular formula is C19H16N2O2. The van der Waals surface area contributed by atoms with Crippen molar-refractivity contribution in [3.63, 3.8) is 0 Å². The number of H-pyrrole nitrogens is 1. The number of aromatic nitrogens is 1. The molecule has 4 heteroatoms. The highest BCUT2D eigenvalue weighted by molar-refractivity contribution is 5.92. The van der Waals surface area contributed by atoms with Gasteiger partial charge in [-0.1, -0.05) is 54.6 Å². The minimum Gasteiger partial charge on any atom is -0.366 e. The maximum absolute atomic E-state index is 12.0. The zero-order chi connectivity index (χ0) is 16.1. The number of carbonyl (C=O) groups is 1. The molecule has 1 aromatic heterocycles. The van der Waals surface area contributed by atoms with Crippen LogP contribution in [-0.4, -0.2) is 10.9 Å². The van der Waals surface area contributed by atoms with E-state index in [1.807, 2.05) is 54.6 Å². The molecule has 3 aromatic rings. The van der Waals surface area contributed by atoms with E-state index in [1.165, 1.54) is 18.5 Å². The number of aromatic amines is 1. The van der Waals surface area contributed by atoms with Crippen molar-refractivity contribution in [1.29, 1.82) is 0 Å². The first-order chi connectivity index (χ1) is 11.2. The van der Waals surface area contributed by atoms with Crippen LogP contribution in [0, 0.1) is 0 Å². The molecule has 0 fully saturated rings. The van der Waals surface area contributed by atoms with E-state index in [4.69, 9.17) is 0 Å². The Hall–Kier alpha value is -3.14. The Balaban J connectivity index is 1.68. The van der Waals surface area contributed by atoms with Crippen LogP contribution < -0.4 is 10.7 Å². The van der Waals surface area contributed by atoms with E-state index in [9.17, 15) is 9.59 Å². The van der Waals surface area contributed by atoms with Crippen LogP contribution in [0.4, 0.5) is 5.69 Å². The number of amides is 1. The van der Waals surface area contributed by atoms with Gasteiger partial charge in [-0.2, -0.15) is 0 Å². The summed E-state index contributed by atoms with van der Waals surface area (Å²) < 4.78 is 0. The Morgan fingerprint density at radius 1 is 0.913 bits per heavy atom. The largest absolute Gasteiger partial charge is 0.366 e. The van der Waals surface area contributed by atoms with Crippen LogP contribution in [0.2, 0.25) is 0 Å². The molecule has 0 unspecified atom stereocenters. The van der Waals surface area contributed by atoms with Crippen molar-refractivity contribution in [3.05, 3.63) is 88.8 Å². The monoisotopic (exact) mass is 304 g/mol. The van der Waals surface area contributed by atoms with Crippen molar-refractivity contribution < 1.29 is 4.79 Å². The van der Waals surface area contributed by atoms with Crippen LogP contribution in [0.1, 0.15) is 5.56 Å². The third kappa shape index (κ3) is 3.74. The van der Waals surface area contributed by atoms with Crippen molar-refractivity contribution in [1.82, 2.24) is 4.98 Å². The zero-order valence-electron chi connectivity index (χ0n) is 12.5. The van der Waals surface area contributed by atoms with Crippen LogP contribution in [0.3, 0.4) is 0 Å². The second-order valence-electron chi connectivity index (χ2n) is 5.21.